The zero-order chi connectivity index (χ0) is 21.1. The summed E-state index contributed by atoms with van der Waals surface area (Å²) in [5.74, 6) is -0.834. The lowest BCUT2D eigenvalue weighted by Crippen LogP contribution is -2.54. The number of carbonyl (C=O) groups excluding carboxylic acids is 1. The molecular formula is C20H16F3N5O2. The smallest absolute Gasteiger partial charge is 0.278 e. The number of anilines is 2. The summed E-state index contributed by atoms with van der Waals surface area (Å²) in [4.78, 5) is 26.6. The summed E-state index contributed by atoms with van der Waals surface area (Å²) >= 11 is 0. The molecule has 0 saturated carbocycles. The monoisotopic (exact) mass is 415 g/mol. The number of hydrogen-bond donors (Lipinski definition) is 1. The molecule has 0 atom stereocenters. The Morgan fingerprint density at radius 3 is 2.70 bits per heavy atom. The zero-order valence-corrected chi connectivity index (χ0v) is 15.5. The van der Waals surface area contributed by atoms with Crippen LogP contribution in [0.25, 0.3) is 0 Å². The lowest BCUT2D eigenvalue weighted by molar-refractivity contribution is 0.102. The highest BCUT2D eigenvalue weighted by molar-refractivity contribution is 6.06. The number of amides is 1. The number of pyridine rings is 1. The molecule has 3 aromatic rings. The number of carbonyl (C=O) groups is 1. The van der Waals surface area contributed by atoms with Crippen molar-refractivity contribution in [1.82, 2.24) is 15.0 Å². The van der Waals surface area contributed by atoms with Crippen LogP contribution in [0.15, 0.2) is 55.1 Å². The van der Waals surface area contributed by atoms with Gasteiger partial charge < -0.3 is 15.0 Å². The van der Waals surface area contributed by atoms with E-state index >= 15 is 0 Å². The van der Waals surface area contributed by atoms with Crippen molar-refractivity contribution in [1.29, 1.82) is 0 Å². The van der Waals surface area contributed by atoms with E-state index in [1.54, 1.807) is 23.2 Å². The van der Waals surface area contributed by atoms with Crippen LogP contribution in [-0.4, -0.2) is 40.1 Å². The third-order valence-electron chi connectivity index (χ3n) is 4.41. The Labute approximate surface area is 169 Å². The first kappa shape index (κ1) is 19.6. The van der Waals surface area contributed by atoms with Crippen molar-refractivity contribution in [3.63, 3.8) is 0 Å². The molecule has 1 fully saturated rings. The number of nitrogens with one attached hydrogen (secondary N) is 1. The van der Waals surface area contributed by atoms with Gasteiger partial charge in [-0.1, -0.05) is 0 Å². The van der Waals surface area contributed by atoms with E-state index in [1.807, 2.05) is 0 Å². The van der Waals surface area contributed by atoms with E-state index in [0.717, 1.165) is 18.2 Å². The minimum absolute atomic E-state index is 0.0311. The molecule has 0 spiro atoms. The van der Waals surface area contributed by atoms with E-state index < -0.39 is 23.7 Å². The second kappa shape index (κ2) is 8.36. The van der Waals surface area contributed by atoms with Crippen molar-refractivity contribution < 1.29 is 22.7 Å². The fourth-order valence-electron chi connectivity index (χ4n) is 3.01. The minimum Gasteiger partial charge on any atom is -0.487 e. The maximum absolute atomic E-state index is 13.5. The number of aromatic nitrogens is 3. The van der Waals surface area contributed by atoms with Gasteiger partial charge in [-0.3, -0.25) is 9.78 Å². The van der Waals surface area contributed by atoms with E-state index in [2.05, 4.69) is 20.3 Å². The fraction of sp³-hybridized carbons (Fsp3) is 0.200. The van der Waals surface area contributed by atoms with Crippen molar-refractivity contribution in [2.24, 2.45) is 0 Å². The number of nitrogens with zero attached hydrogens (tertiary/aromatic N) is 4. The molecule has 4 rings (SSSR count). The fourth-order valence-corrected chi connectivity index (χ4v) is 3.01. The summed E-state index contributed by atoms with van der Waals surface area (Å²) in [5.41, 5.74) is 0.208. The second-order valence-electron chi connectivity index (χ2n) is 6.59. The number of alkyl halides is 2. The second-order valence-corrected chi connectivity index (χ2v) is 6.59. The summed E-state index contributed by atoms with van der Waals surface area (Å²) in [5, 5.41) is 2.70. The Bertz CT molecular complexity index is 1050. The van der Waals surface area contributed by atoms with Gasteiger partial charge in [0.2, 0.25) is 0 Å². The van der Waals surface area contributed by atoms with Crippen LogP contribution >= 0.6 is 0 Å². The number of rotatable bonds is 6. The molecule has 10 heteroatoms. The molecule has 2 aromatic heterocycles. The first-order valence-corrected chi connectivity index (χ1v) is 9.02. The topological polar surface area (TPSA) is 80.2 Å². The lowest BCUT2D eigenvalue weighted by atomic mass is 10.1. The van der Waals surface area contributed by atoms with Gasteiger partial charge in [0.25, 0.3) is 12.3 Å². The highest BCUT2D eigenvalue weighted by Gasteiger charge is 2.33. The van der Waals surface area contributed by atoms with Crippen molar-refractivity contribution >= 4 is 17.4 Å². The van der Waals surface area contributed by atoms with Crippen molar-refractivity contribution in [2.75, 3.05) is 23.3 Å². The number of halogens is 3. The van der Waals surface area contributed by atoms with Crippen molar-refractivity contribution in [2.45, 2.75) is 12.5 Å². The molecule has 1 N–H and O–H groups in total. The molecule has 1 aromatic carbocycles. The maximum Gasteiger partial charge on any atom is 0.278 e. The predicted octanol–water partition coefficient (Wildman–Crippen LogP) is 3.47. The highest BCUT2D eigenvalue weighted by Crippen LogP contribution is 2.28. The number of ether oxygens (including phenoxy) is 1. The first-order chi connectivity index (χ1) is 14.5. The number of hydrogen-bond acceptors (Lipinski definition) is 6. The van der Waals surface area contributed by atoms with Crippen LogP contribution in [0.4, 0.5) is 24.7 Å². The van der Waals surface area contributed by atoms with Crippen LogP contribution in [0.3, 0.4) is 0 Å². The average molecular weight is 415 g/mol. The molecule has 0 unspecified atom stereocenters. The molecule has 1 aliphatic rings. The van der Waals surface area contributed by atoms with Gasteiger partial charge in [-0.25, -0.2) is 23.1 Å². The summed E-state index contributed by atoms with van der Waals surface area (Å²) in [6.07, 6.45) is 2.82. The molecule has 30 heavy (non-hydrogen) atoms. The molecule has 0 bridgehead atoms. The van der Waals surface area contributed by atoms with E-state index in [0.29, 0.717) is 24.6 Å². The zero-order valence-electron chi connectivity index (χ0n) is 15.5. The van der Waals surface area contributed by atoms with Gasteiger partial charge in [-0.2, -0.15) is 0 Å². The van der Waals surface area contributed by atoms with E-state index in [1.165, 1.54) is 18.6 Å². The molecular weight excluding hydrogens is 399 g/mol. The van der Waals surface area contributed by atoms with Crippen molar-refractivity contribution in [3.05, 3.63) is 72.2 Å². The van der Waals surface area contributed by atoms with Gasteiger partial charge in [-0.15, -0.1) is 0 Å². The molecule has 1 aliphatic heterocycles. The Kier molecular flexibility index (Phi) is 5.46. The minimum atomic E-state index is -2.79. The Morgan fingerprint density at radius 2 is 1.97 bits per heavy atom. The van der Waals surface area contributed by atoms with Crippen LogP contribution in [0, 0.1) is 5.82 Å². The third kappa shape index (κ3) is 4.32. The quantitative estimate of drug-likeness (QED) is 0.664. The molecule has 0 radical (unpaired) electrons. The van der Waals surface area contributed by atoms with Gasteiger partial charge in [0, 0.05) is 30.2 Å². The molecule has 3 heterocycles. The van der Waals surface area contributed by atoms with Crippen LogP contribution in [-0.2, 0) is 0 Å². The largest absolute Gasteiger partial charge is 0.487 e. The molecule has 1 saturated heterocycles. The average Bonchev–Trinajstić information content (AvgIpc) is 2.71. The third-order valence-corrected chi connectivity index (χ3v) is 4.41. The van der Waals surface area contributed by atoms with Crippen LogP contribution in [0.2, 0.25) is 0 Å². The molecule has 154 valence electrons. The van der Waals surface area contributed by atoms with Crippen molar-refractivity contribution in [3.8, 4) is 5.75 Å². The van der Waals surface area contributed by atoms with E-state index in [9.17, 15) is 18.0 Å². The summed E-state index contributed by atoms with van der Waals surface area (Å²) in [6.45, 7) is 0.679. The summed E-state index contributed by atoms with van der Waals surface area (Å²) in [6, 6.07) is 6.34. The first-order valence-electron chi connectivity index (χ1n) is 9.02. The molecule has 0 aliphatic carbocycles. The summed E-state index contributed by atoms with van der Waals surface area (Å²) < 4.78 is 44.8. The predicted molar refractivity (Wildman–Crippen MR) is 102 cm³/mol. The lowest BCUT2D eigenvalue weighted by Gasteiger charge is -2.40. The Morgan fingerprint density at radius 1 is 1.17 bits per heavy atom. The maximum atomic E-state index is 13.5. The Balaban J connectivity index is 1.42. The molecule has 7 nitrogen and oxygen atoms in total. The van der Waals surface area contributed by atoms with Gasteiger partial charge in [0.1, 0.15) is 17.7 Å². The van der Waals surface area contributed by atoms with Gasteiger partial charge in [0.05, 0.1) is 25.0 Å². The van der Waals surface area contributed by atoms with Gasteiger partial charge >= 0.3 is 0 Å². The Hall–Kier alpha value is -3.69. The standard InChI is InChI=1S/C20H16F3N5O2/c21-13-6-12(18(22)23)7-15(8-13)30-16-10-28(11-16)19-17(25-4-5-26-19)20(29)27-14-2-1-3-24-9-14/h1-9,16,18H,10-11H2,(H,27,29). The van der Waals surface area contributed by atoms with Gasteiger partial charge in [0.15, 0.2) is 11.5 Å². The normalized spacial score (nSPS) is 13.8. The van der Waals surface area contributed by atoms with E-state index in [-0.39, 0.29) is 17.5 Å². The summed E-state index contributed by atoms with van der Waals surface area (Å²) in [7, 11) is 0. The van der Waals surface area contributed by atoms with E-state index in [4.69, 9.17) is 4.74 Å². The van der Waals surface area contributed by atoms with Gasteiger partial charge in [-0.05, 0) is 24.3 Å². The number of benzene rings is 1. The van der Waals surface area contributed by atoms with Crippen LogP contribution in [0.1, 0.15) is 22.5 Å². The highest BCUT2D eigenvalue weighted by atomic mass is 19.3. The van der Waals surface area contributed by atoms with Crippen LogP contribution < -0.4 is 15.0 Å². The van der Waals surface area contributed by atoms with Crippen LogP contribution in [0.5, 0.6) is 5.75 Å². The SMILES string of the molecule is O=C(Nc1cccnc1)c1nccnc1N1CC(Oc2cc(F)cc(C(F)F)c2)C1. The molecule has 1 amide bonds.